The quantitative estimate of drug-likeness (QED) is 0.777. The first kappa shape index (κ1) is 14.6. The van der Waals surface area contributed by atoms with E-state index in [0.29, 0.717) is 0 Å². The molecular formula is C17H22BN2OS. The molecule has 3 aliphatic rings. The summed E-state index contributed by atoms with van der Waals surface area (Å²) in [7, 11) is 2.15. The highest BCUT2D eigenvalue weighted by Crippen LogP contribution is 2.62. The van der Waals surface area contributed by atoms with Crippen molar-refractivity contribution < 1.29 is 5.11 Å². The molecule has 0 saturated heterocycles. The van der Waals surface area contributed by atoms with Crippen LogP contribution in [0.5, 0.6) is 0 Å². The highest BCUT2D eigenvalue weighted by molar-refractivity contribution is 8.14. The molecule has 1 aromatic carbocycles. The van der Waals surface area contributed by atoms with Crippen LogP contribution in [0.3, 0.4) is 0 Å². The second-order valence-electron chi connectivity index (χ2n) is 6.99. The van der Waals surface area contributed by atoms with Gasteiger partial charge in [0.1, 0.15) is 12.8 Å². The Balaban J connectivity index is 1.85. The first-order chi connectivity index (χ1) is 10.6. The summed E-state index contributed by atoms with van der Waals surface area (Å²) in [6, 6.07) is 6.80. The highest BCUT2D eigenvalue weighted by atomic mass is 32.2. The second kappa shape index (κ2) is 5.03. The molecule has 22 heavy (non-hydrogen) atoms. The molecule has 0 amide bonds. The van der Waals surface area contributed by atoms with E-state index in [4.69, 9.17) is 10.7 Å². The fourth-order valence-electron chi connectivity index (χ4n) is 4.70. The van der Waals surface area contributed by atoms with Crippen molar-refractivity contribution in [3.63, 3.8) is 0 Å². The van der Waals surface area contributed by atoms with Crippen LogP contribution in [0, 0.1) is 5.41 Å². The molecule has 115 valence electrons. The molecule has 1 aliphatic heterocycles. The van der Waals surface area contributed by atoms with Crippen LogP contribution in [0.25, 0.3) is 0 Å². The molecule has 4 rings (SSSR count). The summed E-state index contributed by atoms with van der Waals surface area (Å²) < 4.78 is 0. The Hall–Kier alpha value is -0.935. The second-order valence-corrected chi connectivity index (χ2v) is 7.99. The van der Waals surface area contributed by atoms with E-state index in [1.54, 1.807) is 11.8 Å². The molecule has 2 aliphatic carbocycles. The van der Waals surface area contributed by atoms with E-state index in [1.807, 2.05) is 0 Å². The van der Waals surface area contributed by atoms with E-state index in [1.165, 1.54) is 16.6 Å². The van der Waals surface area contributed by atoms with Gasteiger partial charge in [-0.15, -0.1) is 0 Å². The van der Waals surface area contributed by atoms with E-state index in [9.17, 15) is 5.11 Å². The minimum absolute atomic E-state index is 0.138. The number of thioether (sulfide) groups is 1. The Morgan fingerprint density at radius 2 is 2.14 bits per heavy atom. The molecule has 1 heterocycles. The third kappa shape index (κ3) is 1.91. The number of aliphatic hydroxyl groups excluding tert-OH is 1. The van der Waals surface area contributed by atoms with Crippen molar-refractivity contribution in [1.82, 2.24) is 0 Å². The number of nitrogens with two attached hydrogens (primary N) is 1. The molecule has 3 nitrogen and oxygen atoms in total. The molecule has 1 saturated carbocycles. The lowest BCUT2D eigenvalue weighted by Crippen LogP contribution is -2.45. The molecule has 1 atom stereocenters. The average molecular weight is 313 g/mol. The summed E-state index contributed by atoms with van der Waals surface area (Å²) in [5.41, 5.74) is 10.1. The van der Waals surface area contributed by atoms with Crippen molar-refractivity contribution in [3.8, 4) is 0 Å². The summed E-state index contributed by atoms with van der Waals surface area (Å²) >= 11 is 1.69. The first-order valence-corrected chi connectivity index (χ1v) is 9.16. The molecule has 0 bridgehead atoms. The number of aliphatic imine (C=N–C) groups is 1. The summed E-state index contributed by atoms with van der Waals surface area (Å²) in [5, 5.41) is 10.7. The lowest BCUT2D eigenvalue weighted by Gasteiger charge is -2.45. The molecule has 1 unspecified atom stereocenters. The van der Waals surface area contributed by atoms with Gasteiger partial charge in [-0.3, -0.25) is 0 Å². The van der Waals surface area contributed by atoms with E-state index in [0.717, 1.165) is 43.0 Å². The maximum absolute atomic E-state index is 9.96. The minimum Gasteiger partial charge on any atom is -0.393 e. The Kier molecular flexibility index (Phi) is 3.35. The smallest absolute Gasteiger partial charge is 0.154 e. The predicted octanol–water partition coefficient (Wildman–Crippen LogP) is 1.80. The minimum atomic E-state index is -0.170. The van der Waals surface area contributed by atoms with Gasteiger partial charge in [-0.25, -0.2) is 4.99 Å². The molecule has 3 N–H and O–H groups in total. The van der Waals surface area contributed by atoms with Gasteiger partial charge in [-0.05, 0) is 43.2 Å². The average Bonchev–Trinajstić information content (AvgIpc) is 3.04. The Bertz CT molecular complexity index is 640. The number of benzene rings is 1. The lowest BCUT2D eigenvalue weighted by atomic mass is 9.62. The van der Waals surface area contributed by atoms with Crippen LogP contribution < -0.4 is 11.2 Å². The highest BCUT2D eigenvalue weighted by Gasteiger charge is 2.60. The fourth-order valence-corrected chi connectivity index (χ4v) is 5.80. The predicted molar refractivity (Wildman–Crippen MR) is 94.1 cm³/mol. The number of hydrogen-bond acceptors (Lipinski definition) is 4. The van der Waals surface area contributed by atoms with Gasteiger partial charge in [-0.1, -0.05) is 42.2 Å². The van der Waals surface area contributed by atoms with Crippen molar-refractivity contribution in [2.75, 3.05) is 5.75 Å². The van der Waals surface area contributed by atoms with Crippen molar-refractivity contribution in [2.45, 2.75) is 50.6 Å². The SMILES string of the molecule is C[B]c1ccc2c(c1)C1(CSC(N)=N1)C1(CCC(O)CC1)C2. The van der Waals surface area contributed by atoms with Crippen molar-refractivity contribution in [2.24, 2.45) is 16.1 Å². The first-order valence-electron chi connectivity index (χ1n) is 8.18. The van der Waals surface area contributed by atoms with Crippen LogP contribution in [0.4, 0.5) is 0 Å². The van der Waals surface area contributed by atoms with Crippen molar-refractivity contribution >= 4 is 29.7 Å². The van der Waals surface area contributed by atoms with Gasteiger partial charge in [-0.2, -0.15) is 0 Å². The van der Waals surface area contributed by atoms with Gasteiger partial charge >= 0.3 is 0 Å². The standard InChI is InChI=1S/C17H22BN2OS/c1-18-12-3-2-11-9-16(6-4-13(21)5-7-16)17(14(11)8-12)10-22-15(19)20-17/h2-3,8,13,21H,4-7,9-10H2,1H3,(H2,19,20). The van der Waals surface area contributed by atoms with Crippen LogP contribution >= 0.6 is 11.8 Å². The van der Waals surface area contributed by atoms with Crippen LogP contribution in [-0.4, -0.2) is 29.4 Å². The number of hydrogen-bond donors (Lipinski definition) is 2. The third-order valence-electron chi connectivity index (χ3n) is 5.96. The van der Waals surface area contributed by atoms with Crippen LogP contribution in [-0.2, 0) is 12.0 Å². The Morgan fingerprint density at radius 3 is 2.77 bits per heavy atom. The number of amidine groups is 1. The number of nitrogens with zero attached hydrogens (tertiary/aromatic N) is 1. The summed E-state index contributed by atoms with van der Waals surface area (Å²) in [5.74, 6) is 0.953. The topological polar surface area (TPSA) is 58.6 Å². The van der Waals surface area contributed by atoms with Gasteiger partial charge in [0, 0.05) is 11.2 Å². The van der Waals surface area contributed by atoms with E-state index >= 15 is 0 Å². The number of aliphatic hydroxyl groups is 1. The van der Waals surface area contributed by atoms with Gasteiger partial charge in [0.05, 0.1) is 6.10 Å². The molecular weight excluding hydrogens is 291 g/mol. The summed E-state index contributed by atoms with van der Waals surface area (Å²) in [4.78, 5) is 5.00. The zero-order valence-electron chi connectivity index (χ0n) is 13.0. The van der Waals surface area contributed by atoms with Gasteiger partial charge in [0.25, 0.3) is 0 Å². The molecule has 1 aromatic rings. The maximum atomic E-state index is 9.96. The molecule has 5 heteroatoms. The van der Waals surface area contributed by atoms with Crippen molar-refractivity contribution in [3.05, 3.63) is 29.3 Å². The number of fused-ring (bicyclic) bond motifs is 3. The Labute approximate surface area is 137 Å². The van der Waals surface area contributed by atoms with E-state index in [2.05, 4.69) is 32.3 Å². The largest absolute Gasteiger partial charge is 0.393 e. The molecule has 1 radical (unpaired) electrons. The van der Waals surface area contributed by atoms with Gasteiger partial charge in [0.2, 0.25) is 0 Å². The zero-order valence-corrected chi connectivity index (χ0v) is 13.8. The fraction of sp³-hybridized carbons (Fsp3) is 0.588. The van der Waals surface area contributed by atoms with E-state index < -0.39 is 0 Å². The van der Waals surface area contributed by atoms with Crippen molar-refractivity contribution in [1.29, 1.82) is 0 Å². The normalized spacial score (nSPS) is 36.6. The summed E-state index contributed by atoms with van der Waals surface area (Å²) in [6.45, 7) is 2.08. The summed E-state index contributed by atoms with van der Waals surface area (Å²) in [6.07, 6.45) is 4.82. The van der Waals surface area contributed by atoms with Gasteiger partial charge in [0.15, 0.2) is 5.17 Å². The Morgan fingerprint density at radius 1 is 1.36 bits per heavy atom. The maximum Gasteiger partial charge on any atom is 0.154 e. The van der Waals surface area contributed by atoms with E-state index in [-0.39, 0.29) is 17.1 Å². The van der Waals surface area contributed by atoms with Gasteiger partial charge < -0.3 is 10.8 Å². The third-order valence-corrected chi connectivity index (χ3v) is 6.91. The molecule has 1 fully saturated rings. The number of rotatable bonds is 1. The zero-order chi connectivity index (χ0) is 15.4. The monoisotopic (exact) mass is 313 g/mol. The van der Waals surface area contributed by atoms with Crippen LogP contribution in [0.2, 0.25) is 6.82 Å². The molecule has 2 spiro atoms. The lowest BCUT2D eigenvalue weighted by molar-refractivity contribution is 0.0281. The van der Waals surface area contributed by atoms with Crippen LogP contribution in [0.1, 0.15) is 36.8 Å². The molecule has 0 aromatic heterocycles. The van der Waals surface area contributed by atoms with Crippen LogP contribution in [0.15, 0.2) is 23.2 Å².